The summed E-state index contributed by atoms with van der Waals surface area (Å²) in [6.45, 7) is 8.63. The van der Waals surface area contributed by atoms with Crippen molar-refractivity contribution in [2.45, 2.75) is 27.7 Å². The molecule has 0 spiro atoms. The van der Waals surface area contributed by atoms with Crippen LogP contribution in [0, 0.1) is 27.7 Å². The Morgan fingerprint density at radius 1 is 0.262 bits per heavy atom. The molecule has 0 bridgehead atoms. The molecule has 12 aromatic carbocycles. The summed E-state index contributed by atoms with van der Waals surface area (Å²) >= 11 is 0. The minimum absolute atomic E-state index is 1.09. The quantitative estimate of drug-likeness (QED) is 0.107. The average Bonchev–Trinajstić information content (AvgIpc) is 3.91. The lowest BCUT2D eigenvalue weighted by Gasteiger charge is -2.27. The van der Waals surface area contributed by atoms with Crippen LogP contribution in [0.5, 0.6) is 0 Å². The molecule has 4 heteroatoms. The van der Waals surface area contributed by atoms with Crippen molar-refractivity contribution >= 4 is 102 Å². The summed E-state index contributed by atoms with van der Waals surface area (Å²) in [5.74, 6) is 0. The maximum absolute atomic E-state index is 2.43. The summed E-state index contributed by atoms with van der Waals surface area (Å²) in [6.07, 6.45) is 8.76. The van der Waals surface area contributed by atoms with Crippen LogP contribution in [-0.4, -0.2) is 9.13 Å². The highest BCUT2D eigenvalue weighted by Gasteiger charge is 2.19. The monoisotopic (exact) mass is 1080 g/mol. The third-order valence-electron chi connectivity index (χ3n) is 16.4. The van der Waals surface area contributed by atoms with Crippen molar-refractivity contribution in [1.82, 2.24) is 9.13 Å². The van der Waals surface area contributed by atoms with Gasteiger partial charge in [-0.1, -0.05) is 199 Å². The highest BCUT2D eigenvalue weighted by molar-refractivity contribution is 6.11. The van der Waals surface area contributed by atoms with E-state index in [-0.39, 0.29) is 0 Å². The molecule has 0 aliphatic carbocycles. The molecule has 14 rings (SSSR count). The summed E-state index contributed by atoms with van der Waals surface area (Å²) in [5.41, 5.74) is 25.6. The zero-order valence-electron chi connectivity index (χ0n) is 47.7. The molecule has 0 atom stereocenters. The Morgan fingerprint density at radius 3 is 1.01 bits per heavy atom. The Bertz CT molecular complexity index is 4670. The number of anilines is 6. The topological polar surface area (TPSA) is 16.3 Å². The van der Waals surface area contributed by atoms with E-state index in [0.717, 1.165) is 67.8 Å². The first-order valence-electron chi connectivity index (χ1n) is 29.0. The van der Waals surface area contributed by atoms with Crippen LogP contribution in [0.4, 0.5) is 34.1 Å². The van der Waals surface area contributed by atoms with Crippen molar-refractivity contribution in [2.75, 3.05) is 9.80 Å². The highest BCUT2D eigenvalue weighted by Crippen LogP contribution is 2.42. The number of aromatic nitrogens is 2. The summed E-state index contributed by atoms with van der Waals surface area (Å²) < 4.78 is 4.83. The van der Waals surface area contributed by atoms with Gasteiger partial charge in [0.15, 0.2) is 0 Å². The number of para-hydroxylation sites is 3. The molecule has 14 aromatic rings. The summed E-state index contributed by atoms with van der Waals surface area (Å²) in [7, 11) is 0. The minimum Gasteiger partial charge on any atom is -0.311 e. The second-order valence-electron chi connectivity index (χ2n) is 22.2. The molecule has 0 unspecified atom stereocenters. The molecule has 0 amide bonds. The molecule has 2 heterocycles. The molecule has 0 N–H and O–H groups in total. The molecular weight excluding hydrogens is 1020 g/mol. The molecule has 0 saturated heterocycles. The predicted octanol–water partition coefficient (Wildman–Crippen LogP) is 22.1. The number of hydrogen-bond donors (Lipinski definition) is 0. The number of aryl methyl sites for hydroxylation is 4. The van der Waals surface area contributed by atoms with Crippen LogP contribution in [0.2, 0.25) is 0 Å². The Labute approximate surface area is 492 Å². The largest absolute Gasteiger partial charge is 0.311 e. The standard InChI is InChI=1S/C80H62N4/c1-55-20-40-64(41-21-55)81(65-42-22-56(2)23-43-65)67-47-35-61(36-48-67)33-31-59-27-29-60(30-28-59)32-34-62-37-49-68(50-38-62)82(66-44-24-57(3)25-45-66)71-46-26-58(4)75(54-71)63-39-51-80-76(52-63)74-16-7-10-19-79(74)84(80)70-13-11-12-69(53-70)83-77-17-8-5-14-72(77)73-15-6-9-18-78(73)83/h5-54H,1-4H3. The first-order chi connectivity index (χ1) is 41.3. The van der Waals surface area contributed by atoms with E-state index < -0.39 is 0 Å². The maximum Gasteiger partial charge on any atom is 0.0541 e. The van der Waals surface area contributed by atoms with E-state index >= 15 is 0 Å². The normalized spacial score (nSPS) is 11.7. The average molecular weight is 1080 g/mol. The van der Waals surface area contributed by atoms with Gasteiger partial charge in [-0.2, -0.15) is 0 Å². The molecule has 0 radical (unpaired) electrons. The lowest BCUT2D eigenvalue weighted by Crippen LogP contribution is -2.10. The van der Waals surface area contributed by atoms with E-state index in [4.69, 9.17) is 0 Å². The fraction of sp³-hybridized carbons (Fsp3) is 0.0500. The van der Waals surface area contributed by atoms with Crippen molar-refractivity contribution in [2.24, 2.45) is 0 Å². The van der Waals surface area contributed by atoms with Crippen molar-refractivity contribution in [3.8, 4) is 22.5 Å². The Morgan fingerprint density at radius 2 is 0.595 bits per heavy atom. The Hall–Kier alpha value is -10.7. The number of rotatable bonds is 13. The molecule has 0 saturated carbocycles. The zero-order chi connectivity index (χ0) is 56.7. The van der Waals surface area contributed by atoms with E-state index in [9.17, 15) is 0 Å². The van der Waals surface area contributed by atoms with Gasteiger partial charge < -0.3 is 18.9 Å². The van der Waals surface area contributed by atoms with E-state index in [0.29, 0.717) is 0 Å². The van der Waals surface area contributed by atoms with Crippen molar-refractivity contribution in [3.63, 3.8) is 0 Å². The second-order valence-corrected chi connectivity index (χ2v) is 22.2. The Kier molecular flexibility index (Phi) is 13.5. The van der Waals surface area contributed by atoms with Gasteiger partial charge in [-0.3, -0.25) is 0 Å². The van der Waals surface area contributed by atoms with E-state index in [1.807, 2.05) is 0 Å². The van der Waals surface area contributed by atoms with E-state index in [2.05, 4.69) is 350 Å². The van der Waals surface area contributed by atoms with Crippen LogP contribution in [0.15, 0.2) is 279 Å². The van der Waals surface area contributed by atoms with Crippen LogP contribution in [0.1, 0.15) is 44.5 Å². The van der Waals surface area contributed by atoms with Crippen LogP contribution < -0.4 is 9.80 Å². The number of hydrogen-bond acceptors (Lipinski definition) is 2. The van der Waals surface area contributed by atoms with Crippen LogP contribution in [-0.2, 0) is 0 Å². The molecule has 0 aliphatic heterocycles. The van der Waals surface area contributed by atoms with E-state index in [1.54, 1.807) is 0 Å². The fourth-order valence-electron chi connectivity index (χ4n) is 12.0. The SMILES string of the molecule is Cc1ccc(N(c2ccc(C)cc2)c2ccc(C=Cc3ccc(C=Cc4ccc(N(c5ccc(C)cc5)c5ccc(C)c(-c6ccc7c(c6)c6ccccc6n7-c6cccc(-n7c8ccccc8c8ccccc87)c6)c5)cc4)cc3)cc2)cc1. The van der Waals surface area contributed by atoms with Gasteiger partial charge in [-0.05, 0) is 188 Å². The summed E-state index contributed by atoms with van der Waals surface area (Å²) in [4.78, 5) is 4.68. The fourth-order valence-corrected chi connectivity index (χ4v) is 12.0. The third kappa shape index (κ3) is 9.94. The van der Waals surface area contributed by atoms with Crippen LogP contribution in [0.25, 0.3) is 90.4 Å². The molecule has 84 heavy (non-hydrogen) atoms. The smallest absolute Gasteiger partial charge is 0.0541 e. The van der Waals surface area contributed by atoms with Crippen LogP contribution in [0.3, 0.4) is 0 Å². The van der Waals surface area contributed by atoms with Gasteiger partial charge in [-0.25, -0.2) is 0 Å². The third-order valence-corrected chi connectivity index (χ3v) is 16.4. The maximum atomic E-state index is 2.43. The van der Waals surface area contributed by atoms with Crippen molar-refractivity contribution < 1.29 is 0 Å². The molecular formula is C80H62N4. The van der Waals surface area contributed by atoms with Gasteiger partial charge in [-0.15, -0.1) is 0 Å². The zero-order valence-corrected chi connectivity index (χ0v) is 47.7. The van der Waals surface area contributed by atoms with E-state index in [1.165, 1.54) is 77.0 Å². The van der Waals surface area contributed by atoms with Crippen molar-refractivity contribution in [3.05, 3.63) is 324 Å². The number of nitrogens with zero attached hydrogens (tertiary/aromatic N) is 4. The Balaban J connectivity index is 0.716. The molecule has 4 nitrogen and oxygen atoms in total. The summed E-state index contributed by atoms with van der Waals surface area (Å²) in [5, 5.41) is 4.96. The van der Waals surface area contributed by atoms with Crippen molar-refractivity contribution in [1.29, 1.82) is 0 Å². The van der Waals surface area contributed by atoms with Crippen LogP contribution >= 0.6 is 0 Å². The lowest BCUT2D eigenvalue weighted by molar-refractivity contribution is 1.13. The highest BCUT2D eigenvalue weighted by atomic mass is 15.1. The summed E-state index contributed by atoms with van der Waals surface area (Å²) in [6, 6.07) is 102. The van der Waals surface area contributed by atoms with Gasteiger partial charge in [0.05, 0.1) is 22.1 Å². The molecule has 2 aromatic heterocycles. The number of benzene rings is 12. The number of fused-ring (bicyclic) bond motifs is 6. The van der Waals surface area contributed by atoms with Gasteiger partial charge in [0.25, 0.3) is 0 Å². The molecule has 0 fully saturated rings. The predicted molar refractivity (Wildman–Crippen MR) is 360 cm³/mol. The molecule has 402 valence electrons. The lowest BCUT2D eigenvalue weighted by atomic mass is 9.97. The van der Waals surface area contributed by atoms with Gasteiger partial charge in [0, 0.05) is 67.0 Å². The first-order valence-corrected chi connectivity index (χ1v) is 29.0. The minimum atomic E-state index is 1.09. The van der Waals surface area contributed by atoms with Gasteiger partial charge in [0.2, 0.25) is 0 Å². The second kappa shape index (κ2) is 22.0. The molecule has 0 aliphatic rings. The van der Waals surface area contributed by atoms with Gasteiger partial charge >= 0.3 is 0 Å². The van der Waals surface area contributed by atoms with Gasteiger partial charge in [0.1, 0.15) is 0 Å². The first kappa shape index (κ1) is 51.5.